The largest absolute Gasteiger partial charge is 0.298 e. The van der Waals surface area contributed by atoms with Gasteiger partial charge in [-0.05, 0) is 28.1 Å². The highest BCUT2D eigenvalue weighted by Gasteiger charge is 2.06. The summed E-state index contributed by atoms with van der Waals surface area (Å²) in [6, 6.07) is 4.88. The molecule has 1 atom stereocenters. The molecule has 13 heavy (non-hydrogen) atoms. The second-order valence-electron chi connectivity index (χ2n) is 2.17. The zero-order valence-corrected chi connectivity index (χ0v) is 8.76. The summed E-state index contributed by atoms with van der Waals surface area (Å²) in [6.45, 7) is 0. The Morgan fingerprint density at radius 2 is 2.23 bits per heavy atom. The summed E-state index contributed by atoms with van der Waals surface area (Å²) in [4.78, 5) is 10.5. The molecule has 4 nitrogen and oxygen atoms in total. The van der Waals surface area contributed by atoms with Crippen molar-refractivity contribution < 1.29 is 13.6 Å². The van der Waals surface area contributed by atoms with Gasteiger partial charge in [-0.2, -0.15) is 0 Å². The van der Waals surface area contributed by atoms with Gasteiger partial charge in [0.15, 0.2) is 6.29 Å². The summed E-state index contributed by atoms with van der Waals surface area (Å²) in [5, 5.41) is 0. The Kier molecular flexibility index (Phi) is 3.58. The molecule has 0 amide bonds. The van der Waals surface area contributed by atoms with Crippen molar-refractivity contribution in [2.45, 2.75) is 0 Å². The van der Waals surface area contributed by atoms with Crippen LogP contribution in [0.3, 0.4) is 0 Å². The smallest absolute Gasteiger partial charge is 0.259 e. The third-order valence-corrected chi connectivity index (χ3v) is 2.40. The lowest BCUT2D eigenvalue weighted by Gasteiger charge is -2.06. The minimum atomic E-state index is -2.18. The van der Waals surface area contributed by atoms with E-state index in [0.29, 0.717) is 22.0 Å². The van der Waals surface area contributed by atoms with Gasteiger partial charge < -0.3 is 0 Å². The molecular formula is C7H6BrNO3S. The summed E-state index contributed by atoms with van der Waals surface area (Å²) < 4.78 is 21.8. The quantitative estimate of drug-likeness (QED) is 0.646. The van der Waals surface area contributed by atoms with Gasteiger partial charge in [-0.15, -0.1) is 0 Å². The van der Waals surface area contributed by atoms with Crippen molar-refractivity contribution in [1.29, 1.82) is 0 Å². The fraction of sp³-hybridized carbons (Fsp3) is 0. The molecular weight excluding hydrogens is 258 g/mol. The number of hydrogen-bond acceptors (Lipinski definition) is 2. The fourth-order valence-corrected chi connectivity index (χ4v) is 1.85. The van der Waals surface area contributed by atoms with Crippen LogP contribution in [0.2, 0.25) is 0 Å². The van der Waals surface area contributed by atoms with Crippen LogP contribution < -0.4 is 4.72 Å². The maximum atomic E-state index is 10.5. The number of carbonyl (C=O) groups excluding carboxylic acids is 1. The third kappa shape index (κ3) is 2.61. The molecule has 2 N–H and O–H groups in total. The van der Waals surface area contributed by atoms with Crippen molar-refractivity contribution in [2.75, 3.05) is 4.72 Å². The van der Waals surface area contributed by atoms with Crippen LogP contribution in [0.1, 0.15) is 10.4 Å². The first-order valence-electron chi connectivity index (χ1n) is 3.26. The van der Waals surface area contributed by atoms with Crippen molar-refractivity contribution in [3.8, 4) is 0 Å². The minimum Gasteiger partial charge on any atom is -0.298 e. The Labute approximate surface area is 85.9 Å². The molecule has 1 unspecified atom stereocenters. The van der Waals surface area contributed by atoms with E-state index in [9.17, 15) is 9.00 Å². The monoisotopic (exact) mass is 263 g/mol. The highest BCUT2D eigenvalue weighted by Crippen LogP contribution is 2.25. The van der Waals surface area contributed by atoms with Crippen LogP contribution in [0.15, 0.2) is 22.7 Å². The molecule has 0 radical (unpaired) electrons. The SMILES string of the molecule is O=Cc1cccc(Br)c1NS(=O)O. The Morgan fingerprint density at radius 1 is 1.54 bits per heavy atom. The van der Waals surface area contributed by atoms with E-state index in [1.54, 1.807) is 18.2 Å². The molecule has 0 bridgehead atoms. The van der Waals surface area contributed by atoms with Gasteiger partial charge in [0, 0.05) is 10.0 Å². The summed E-state index contributed by atoms with van der Waals surface area (Å²) in [6.07, 6.45) is 0.611. The van der Waals surface area contributed by atoms with E-state index in [4.69, 9.17) is 4.55 Å². The Morgan fingerprint density at radius 3 is 2.77 bits per heavy atom. The molecule has 1 aromatic carbocycles. The number of carbonyl (C=O) groups is 1. The predicted octanol–water partition coefficient (Wildman–Crippen LogP) is 1.81. The average molecular weight is 264 g/mol. The Hall–Kier alpha value is -0.720. The molecule has 0 aromatic heterocycles. The van der Waals surface area contributed by atoms with E-state index in [2.05, 4.69) is 20.7 Å². The molecule has 0 saturated heterocycles. The van der Waals surface area contributed by atoms with Crippen LogP contribution >= 0.6 is 15.9 Å². The first kappa shape index (κ1) is 10.4. The Balaban J connectivity index is 3.14. The van der Waals surface area contributed by atoms with Gasteiger partial charge in [0.25, 0.3) is 11.3 Å². The number of nitrogens with one attached hydrogen (secondary N) is 1. The standard InChI is InChI=1S/C7H6BrNO3S/c8-6-3-1-2-5(4-10)7(6)9-13(11)12/h1-4,9H,(H,11,12). The molecule has 0 spiro atoms. The van der Waals surface area contributed by atoms with E-state index in [-0.39, 0.29) is 0 Å². The summed E-state index contributed by atoms with van der Waals surface area (Å²) in [7, 11) is 0. The van der Waals surface area contributed by atoms with Crippen molar-refractivity contribution in [3.63, 3.8) is 0 Å². The van der Waals surface area contributed by atoms with E-state index in [1.165, 1.54) is 0 Å². The van der Waals surface area contributed by atoms with Crippen LogP contribution in [0.4, 0.5) is 5.69 Å². The van der Waals surface area contributed by atoms with Crippen molar-refractivity contribution in [2.24, 2.45) is 0 Å². The van der Waals surface area contributed by atoms with Gasteiger partial charge in [-0.25, -0.2) is 4.21 Å². The summed E-state index contributed by atoms with van der Waals surface area (Å²) in [5.41, 5.74) is 0.648. The molecule has 0 aliphatic rings. The molecule has 1 rings (SSSR count). The van der Waals surface area contributed by atoms with Gasteiger partial charge in [0.05, 0.1) is 5.69 Å². The zero-order valence-electron chi connectivity index (χ0n) is 6.36. The first-order valence-corrected chi connectivity index (χ1v) is 5.16. The van der Waals surface area contributed by atoms with E-state index in [1.807, 2.05) is 0 Å². The predicted molar refractivity (Wildman–Crippen MR) is 53.9 cm³/mol. The van der Waals surface area contributed by atoms with Gasteiger partial charge in [0.2, 0.25) is 0 Å². The summed E-state index contributed by atoms with van der Waals surface area (Å²) in [5.74, 6) is 0. The maximum Gasteiger partial charge on any atom is 0.259 e. The third-order valence-electron chi connectivity index (χ3n) is 1.36. The lowest BCUT2D eigenvalue weighted by molar-refractivity contribution is 0.112. The number of halogens is 1. The van der Waals surface area contributed by atoms with Gasteiger partial charge in [-0.3, -0.25) is 14.1 Å². The normalized spacial score (nSPS) is 12.2. The average Bonchev–Trinajstić information content (AvgIpc) is 2.08. The lowest BCUT2D eigenvalue weighted by Crippen LogP contribution is -2.05. The lowest BCUT2D eigenvalue weighted by atomic mass is 10.2. The van der Waals surface area contributed by atoms with E-state index >= 15 is 0 Å². The van der Waals surface area contributed by atoms with Crippen LogP contribution in [0.25, 0.3) is 0 Å². The second kappa shape index (κ2) is 4.50. The fourth-order valence-electron chi connectivity index (χ4n) is 0.834. The second-order valence-corrected chi connectivity index (χ2v) is 3.73. The van der Waals surface area contributed by atoms with E-state index in [0.717, 1.165) is 0 Å². The number of para-hydroxylation sites is 1. The minimum absolute atomic E-state index is 0.318. The Bertz CT molecular complexity index is 356. The zero-order chi connectivity index (χ0) is 9.84. The molecule has 0 fully saturated rings. The number of hydrogen-bond donors (Lipinski definition) is 2. The van der Waals surface area contributed by atoms with Gasteiger partial charge in [-0.1, -0.05) is 6.07 Å². The molecule has 0 saturated carbocycles. The molecule has 70 valence electrons. The van der Waals surface area contributed by atoms with Crippen molar-refractivity contribution in [1.82, 2.24) is 0 Å². The molecule has 0 heterocycles. The number of aldehydes is 1. The van der Waals surface area contributed by atoms with Crippen molar-refractivity contribution in [3.05, 3.63) is 28.2 Å². The van der Waals surface area contributed by atoms with Gasteiger partial charge in [0.1, 0.15) is 0 Å². The number of benzene rings is 1. The van der Waals surface area contributed by atoms with Gasteiger partial charge >= 0.3 is 0 Å². The van der Waals surface area contributed by atoms with Crippen LogP contribution in [0, 0.1) is 0 Å². The highest BCUT2D eigenvalue weighted by molar-refractivity contribution is 9.10. The van der Waals surface area contributed by atoms with Crippen LogP contribution in [0.5, 0.6) is 0 Å². The first-order chi connectivity index (χ1) is 6.15. The summed E-state index contributed by atoms with van der Waals surface area (Å²) >= 11 is 0.972. The maximum absolute atomic E-state index is 10.5. The number of rotatable bonds is 3. The van der Waals surface area contributed by atoms with Crippen LogP contribution in [-0.2, 0) is 11.3 Å². The molecule has 6 heteroatoms. The van der Waals surface area contributed by atoms with E-state index < -0.39 is 11.3 Å². The van der Waals surface area contributed by atoms with Crippen LogP contribution in [-0.4, -0.2) is 15.0 Å². The van der Waals surface area contributed by atoms with Crippen molar-refractivity contribution >= 4 is 39.2 Å². The topological polar surface area (TPSA) is 66.4 Å². The molecule has 0 aliphatic heterocycles. The number of anilines is 1. The highest BCUT2D eigenvalue weighted by atomic mass is 79.9. The molecule has 1 aromatic rings. The molecule has 0 aliphatic carbocycles.